The van der Waals surface area contributed by atoms with Crippen LogP contribution in [0, 0.1) is 10.1 Å². The first-order valence-corrected chi connectivity index (χ1v) is 3.32. The Balaban J connectivity index is 3.01. The summed E-state index contributed by atoms with van der Waals surface area (Å²) in [6.07, 6.45) is 0. The average molecular weight is 159 g/mol. The minimum Gasteiger partial charge on any atom is -0.310 e. The molecule has 0 aliphatic rings. The van der Waals surface area contributed by atoms with Gasteiger partial charge in [0.15, 0.2) is 5.00 Å². The number of nitrogen functional groups attached to an aromatic ring is 1. The highest BCUT2D eigenvalue weighted by Crippen LogP contribution is 2.28. The van der Waals surface area contributed by atoms with E-state index in [0.717, 1.165) is 0 Å². The number of thiophene rings is 1. The van der Waals surface area contributed by atoms with E-state index >= 15 is 0 Å². The van der Waals surface area contributed by atoms with Crippen molar-refractivity contribution in [3.63, 3.8) is 0 Å². The molecule has 54 valence electrons. The van der Waals surface area contributed by atoms with Crippen LogP contribution in [0.2, 0.25) is 0 Å². The van der Waals surface area contributed by atoms with Crippen LogP contribution in [0.3, 0.4) is 0 Å². The minimum atomic E-state index is -0.480. The van der Waals surface area contributed by atoms with Crippen LogP contribution in [0.5, 0.6) is 0 Å². The lowest BCUT2D eigenvalue weighted by molar-refractivity contribution is -0.383. The lowest BCUT2D eigenvalue weighted by Crippen LogP contribution is -2.06. The second-order valence-corrected chi connectivity index (χ2v) is 2.45. The molecule has 0 saturated heterocycles. The number of hydrogen-bond acceptors (Lipinski definition) is 5. The number of nitro groups is 1. The summed E-state index contributed by atoms with van der Waals surface area (Å²) in [5.74, 6) is 4.99. The molecule has 5 nitrogen and oxygen atoms in total. The van der Waals surface area contributed by atoms with Gasteiger partial charge in [-0.15, -0.1) is 11.3 Å². The van der Waals surface area contributed by atoms with E-state index in [1.807, 2.05) is 0 Å². The molecule has 0 aromatic carbocycles. The Bertz CT molecular complexity index is 246. The molecule has 0 atom stereocenters. The van der Waals surface area contributed by atoms with Gasteiger partial charge in [0.2, 0.25) is 0 Å². The number of rotatable bonds is 2. The van der Waals surface area contributed by atoms with Gasteiger partial charge in [-0.1, -0.05) is 0 Å². The Morgan fingerprint density at radius 1 is 1.80 bits per heavy atom. The molecule has 0 amide bonds. The maximum Gasteiger partial charge on any atom is 0.304 e. The van der Waals surface area contributed by atoms with E-state index in [2.05, 4.69) is 5.43 Å². The van der Waals surface area contributed by atoms with Crippen molar-refractivity contribution >= 4 is 22.0 Å². The van der Waals surface area contributed by atoms with Crippen LogP contribution in [0.15, 0.2) is 11.4 Å². The molecule has 6 heteroatoms. The molecule has 0 bridgehead atoms. The van der Waals surface area contributed by atoms with Gasteiger partial charge in [0, 0.05) is 6.07 Å². The van der Waals surface area contributed by atoms with Gasteiger partial charge in [-0.25, -0.2) is 5.84 Å². The Morgan fingerprint density at radius 3 is 2.90 bits per heavy atom. The van der Waals surface area contributed by atoms with Gasteiger partial charge < -0.3 is 5.43 Å². The Hall–Kier alpha value is -1.14. The molecule has 1 aromatic heterocycles. The van der Waals surface area contributed by atoms with Crippen molar-refractivity contribution in [2.24, 2.45) is 5.84 Å². The first kappa shape index (κ1) is 6.97. The van der Waals surface area contributed by atoms with Crippen molar-refractivity contribution in [2.45, 2.75) is 0 Å². The molecule has 10 heavy (non-hydrogen) atoms. The van der Waals surface area contributed by atoms with Crippen LogP contribution in [-0.4, -0.2) is 4.92 Å². The molecule has 0 saturated carbocycles. The summed E-state index contributed by atoms with van der Waals surface area (Å²) in [7, 11) is 0. The Kier molecular flexibility index (Phi) is 1.83. The van der Waals surface area contributed by atoms with Crippen molar-refractivity contribution in [1.82, 2.24) is 0 Å². The Labute approximate surface area is 60.6 Å². The fourth-order valence-corrected chi connectivity index (χ4v) is 1.22. The predicted octanol–water partition coefficient (Wildman–Crippen LogP) is 0.942. The lowest BCUT2D eigenvalue weighted by atomic mass is 10.5. The van der Waals surface area contributed by atoms with E-state index in [0.29, 0.717) is 5.00 Å². The third-order valence-corrected chi connectivity index (χ3v) is 1.81. The number of hydrogen-bond donors (Lipinski definition) is 2. The van der Waals surface area contributed by atoms with E-state index < -0.39 is 4.92 Å². The third kappa shape index (κ3) is 1.07. The standard InChI is InChI=1S/C4H5N3O2S/c5-6-4-3(7(8)9)1-2-10-4/h1-2,6H,5H2. The fraction of sp³-hybridized carbons (Fsp3) is 0. The maximum absolute atomic E-state index is 10.2. The minimum absolute atomic E-state index is 0.0208. The van der Waals surface area contributed by atoms with Gasteiger partial charge in [-0.2, -0.15) is 0 Å². The summed E-state index contributed by atoms with van der Waals surface area (Å²) in [6, 6.07) is 1.40. The number of nitrogens with one attached hydrogen (secondary N) is 1. The molecule has 0 radical (unpaired) electrons. The largest absolute Gasteiger partial charge is 0.310 e. The third-order valence-electron chi connectivity index (χ3n) is 0.972. The summed E-state index contributed by atoms with van der Waals surface area (Å²) in [5.41, 5.74) is 2.25. The first-order valence-electron chi connectivity index (χ1n) is 2.44. The normalized spacial score (nSPS) is 9.30. The smallest absolute Gasteiger partial charge is 0.304 e. The molecule has 0 spiro atoms. The van der Waals surface area contributed by atoms with Crippen LogP contribution < -0.4 is 11.3 Å². The van der Waals surface area contributed by atoms with Crippen molar-refractivity contribution in [1.29, 1.82) is 0 Å². The second kappa shape index (κ2) is 2.63. The van der Waals surface area contributed by atoms with E-state index in [1.54, 1.807) is 5.38 Å². The van der Waals surface area contributed by atoms with Gasteiger partial charge in [-0.3, -0.25) is 10.1 Å². The van der Waals surface area contributed by atoms with Crippen molar-refractivity contribution < 1.29 is 4.92 Å². The zero-order valence-corrected chi connectivity index (χ0v) is 5.72. The lowest BCUT2D eigenvalue weighted by Gasteiger charge is -1.91. The second-order valence-electron chi connectivity index (χ2n) is 1.54. The number of nitrogens with two attached hydrogens (primary N) is 1. The number of hydrazine groups is 1. The number of nitrogens with zero attached hydrogens (tertiary/aromatic N) is 1. The average Bonchev–Trinajstić information content (AvgIpc) is 2.33. The van der Waals surface area contributed by atoms with Crippen molar-refractivity contribution in [3.8, 4) is 0 Å². The SMILES string of the molecule is NNc1sccc1[N+](=O)[O-]. The van der Waals surface area contributed by atoms with E-state index in [1.165, 1.54) is 17.4 Å². The monoisotopic (exact) mass is 159 g/mol. The van der Waals surface area contributed by atoms with Crippen molar-refractivity contribution in [3.05, 3.63) is 21.6 Å². The highest BCUT2D eigenvalue weighted by Gasteiger charge is 2.12. The zero-order valence-electron chi connectivity index (χ0n) is 4.90. The summed E-state index contributed by atoms with van der Waals surface area (Å²) < 4.78 is 0. The molecule has 0 aliphatic carbocycles. The number of anilines is 1. The van der Waals surface area contributed by atoms with E-state index in [4.69, 9.17) is 5.84 Å². The molecule has 0 fully saturated rings. The molecular weight excluding hydrogens is 154 g/mol. The fourth-order valence-electron chi connectivity index (χ4n) is 0.554. The predicted molar refractivity (Wildman–Crippen MR) is 38.8 cm³/mol. The Morgan fingerprint density at radius 2 is 2.50 bits per heavy atom. The zero-order chi connectivity index (χ0) is 7.56. The summed E-state index contributed by atoms with van der Waals surface area (Å²) in [5, 5.41) is 12.1. The summed E-state index contributed by atoms with van der Waals surface area (Å²) in [4.78, 5) is 9.68. The molecule has 1 aromatic rings. The summed E-state index contributed by atoms with van der Waals surface area (Å²) in [6.45, 7) is 0. The quantitative estimate of drug-likeness (QED) is 0.382. The van der Waals surface area contributed by atoms with E-state index in [9.17, 15) is 10.1 Å². The molecule has 0 aliphatic heterocycles. The van der Waals surface area contributed by atoms with Crippen LogP contribution in [0.4, 0.5) is 10.7 Å². The highest BCUT2D eigenvalue weighted by molar-refractivity contribution is 7.14. The maximum atomic E-state index is 10.2. The van der Waals surface area contributed by atoms with Crippen LogP contribution in [0.1, 0.15) is 0 Å². The van der Waals surface area contributed by atoms with Crippen LogP contribution in [-0.2, 0) is 0 Å². The van der Waals surface area contributed by atoms with Gasteiger partial charge in [-0.05, 0) is 5.38 Å². The summed E-state index contributed by atoms with van der Waals surface area (Å²) >= 11 is 1.20. The highest BCUT2D eigenvalue weighted by atomic mass is 32.1. The molecule has 1 rings (SSSR count). The van der Waals surface area contributed by atoms with Gasteiger partial charge in [0.25, 0.3) is 0 Å². The van der Waals surface area contributed by atoms with E-state index in [-0.39, 0.29) is 5.69 Å². The molecular formula is C4H5N3O2S. The van der Waals surface area contributed by atoms with Gasteiger partial charge >= 0.3 is 5.69 Å². The molecule has 1 heterocycles. The van der Waals surface area contributed by atoms with Crippen molar-refractivity contribution in [2.75, 3.05) is 5.43 Å². The van der Waals surface area contributed by atoms with Crippen LogP contribution in [0.25, 0.3) is 0 Å². The molecule has 0 unspecified atom stereocenters. The molecule has 3 N–H and O–H groups in total. The van der Waals surface area contributed by atoms with Gasteiger partial charge in [0.1, 0.15) is 0 Å². The van der Waals surface area contributed by atoms with Gasteiger partial charge in [0.05, 0.1) is 4.92 Å². The van der Waals surface area contributed by atoms with Crippen LogP contribution >= 0.6 is 11.3 Å². The topological polar surface area (TPSA) is 81.2 Å². The first-order chi connectivity index (χ1) is 4.75.